The molecule has 0 spiro atoms. The number of benzene rings is 3. The zero-order chi connectivity index (χ0) is 25.0. The van der Waals surface area contributed by atoms with E-state index in [0.29, 0.717) is 28.0 Å². The summed E-state index contributed by atoms with van der Waals surface area (Å²) in [5.41, 5.74) is 1.75. The van der Waals surface area contributed by atoms with Gasteiger partial charge in [0.2, 0.25) is 0 Å². The minimum atomic E-state index is -0.640. The van der Waals surface area contributed by atoms with Crippen LogP contribution >= 0.6 is 0 Å². The Kier molecular flexibility index (Phi) is 6.73. The van der Waals surface area contributed by atoms with Crippen LogP contribution in [-0.2, 0) is 14.3 Å². The number of fused-ring (bicyclic) bond motifs is 1. The summed E-state index contributed by atoms with van der Waals surface area (Å²) in [7, 11) is 1.34. The van der Waals surface area contributed by atoms with Crippen LogP contribution in [0.4, 0.5) is 4.79 Å². The Balaban J connectivity index is 1.73. The minimum Gasteiger partial charge on any atom is -0.465 e. The molecular weight excluding hydrogens is 442 g/mol. The van der Waals surface area contributed by atoms with Crippen LogP contribution in [0.5, 0.6) is 11.5 Å². The van der Waals surface area contributed by atoms with Gasteiger partial charge in [-0.3, -0.25) is 4.57 Å². The van der Waals surface area contributed by atoms with Crippen molar-refractivity contribution in [3.63, 3.8) is 0 Å². The van der Waals surface area contributed by atoms with Gasteiger partial charge in [0.25, 0.3) is 0 Å². The zero-order valence-corrected chi connectivity index (χ0v) is 20.1. The summed E-state index contributed by atoms with van der Waals surface area (Å²) in [5.74, 6) is 0.875. The highest BCUT2D eigenvalue weighted by Gasteiger charge is 2.21. The summed E-state index contributed by atoms with van der Waals surface area (Å²) in [6.07, 6.45) is 2.91. The topological polar surface area (TPSA) is 66.8 Å². The van der Waals surface area contributed by atoms with Crippen LogP contribution < -0.4 is 4.74 Å². The molecule has 0 N–H and O–H groups in total. The van der Waals surface area contributed by atoms with Gasteiger partial charge in [0.1, 0.15) is 17.1 Å². The van der Waals surface area contributed by atoms with E-state index in [4.69, 9.17) is 14.2 Å². The van der Waals surface area contributed by atoms with Gasteiger partial charge in [-0.2, -0.15) is 0 Å². The largest absolute Gasteiger partial charge is 0.465 e. The van der Waals surface area contributed by atoms with Crippen molar-refractivity contribution in [2.24, 2.45) is 0 Å². The van der Waals surface area contributed by atoms with E-state index in [2.05, 4.69) is 0 Å². The normalized spacial score (nSPS) is 11.8. The highest BCUT2D eigenvalue weighted by Crippen LogP contribution is 2.29. The average molecular weight is 470 g/mol. The Bertz CT molecular complexity index is 1380. The van der Waals surface area contributed by atoms with Crippen molar-refractivity contribution in [2.75, 3.05) is 7.11 Å². The molecule has 0 saturated heterocycles. The average Bonchev–Trinajstić information content (AvgIpc) is 3.21. The van der Waals surface area contributed by atoms with Gasteiger partial charge >= 0.3 is 12.1 Å². The van der Waals surface area contributed by atoms with Crippen molar-refractivity contribution in [3.8, 4) is 11.5 Å². The van der Waals surface area contributed by atoms with Gasteiger partial charge in [0.15, 0.2) is 0 Å². The van der Waals surface area contributed by atoms with E-state index in [0.717, 1.165) is 11.1 Å². The molecule has 1 aromatic heterocycles. The lowest BCUT2D eigenvalue weighted by molar-refractivity contribution is -0.133. The van der Waals surface area contributed by atoms with Gasteiger partial charge in [0, 0.05) is 17.1 Å². The molecule has 0 bridgehead atoms. The van der Waals surface area contributed by atoms with Crippen LogP contribution in [-0.4, -0.2) is 29.3 Å². The monoisotopic (exact) mass is 469 g/mol. The SMILES string of the molecule is COC(=O)/C(=C/c1cn(C(=O)OC(C)(C)C)c2ccccc12)c1ccc(Oc2ccccc2)cc1. The van der Waals surface area contributed by atoms with E-state index >= 15 is 0 Å². The third kappa shape index (κ3) is 5.61. The van der Waals surface area contributed by atoms with E-state index in [1.807, 2.05) is 75.4 Å². The number of esters is 1. The lowest BCUT2D eigenvalue weighted by Gasteiger charge is -2.19. The van der Waals surface area contributed by atoms with Gasteiger partial charge in [-0.25, -0.2) is 9.59 Å². The van der Waals surface area contributed by atoms with Crippen LogP contribution in [0, 0.1) is 0 Å². The Hall–Kier alpha value is -4.32. The lowest BCUT2D eigenvalue weighted by atomic mass is 10.0. The first kappa shape index (κ1) is 23.8. The predicted octanol–water partition coefficient (Wildman–Crippen LogP) is 6.93. The minimum absolute atomic E-state index is 0.353. The molecule has 6 heteroatoms. The van der Waals surface area contributed by atoms with Gasteiger partial charge in [-0.05, 0) is 62.7 Å². The highest BCUT2D eigenvalue weighted by molar-refractivity contribution is 6.22. The van der Waals surface area contributed by atoms with E-state index < -0.39 is 17.7 Å². The van der Waals surface area contributed by atoms with E-state index in [-0.39, 0.29) is 0 Å². The number of aromatic nitrogens is 1. The summed E-state index contributed by atoms with van der Waals surface area (Å²) >= 11 is 0. The first-order valence-electron chi connectivity index (χ1n) is 11.2. The maximum absolute atomic E-state index is 12.8. The Morgan fingerprint density at radius 2 is 1.46 bits per heavy atom. The Labute approximate surface area is 204 Å². The third-order valence-electron chi connectivity index (χ3n) is 5.18. The molecule has 0 fully saturated rings. The molecule has 0 unspecified atom stereocenters. The number of nitrogens with zero attached hydrogens (tertiary/aromatic N) is 1. The van der Waals surface area contributed by atoms with Crippen molar-refractivity contribution in [1.82, 2.24) is 4.57 Å². The first-order valence-corrected chi connectivity index (χ1v) is 11.2. The number of carbonyl (C=O) groups is 2. The fourth-order valence-electron chi connectivity index (χ4n) is 3.64. The van der Waals surface area contributed by atoms with E-state index in [1.54, 1.807) is 36.5 Å². The predicted molar refractivity (Wildman–Crippen MR) is 136 cm³/mol. The van der Waals surface area contributed by atoms with Crippen molar-refractivity contribution in [1.29, 1.82) is 0 Å². The fraction of sp³-hybridized carbons (Fsp3) is 0.172. The van der Waals surface area contributed by atoms with Crippen LogP contribution in [0.3, 0.4) is 0 Å². The molecule has 4 rings (SSSR count). The number of rotatable bonds is 5. The second-order valence-corrected chi connectivity index (χ2v) is 8.94. The molecular formula is C29H27NO5. The van der Waals surface area contributed by atoms with Gasteiger partial charge < -0.3 is 14.2 Å². The van der Waals surface area contributed by atoms with Crippen LogP contribution in [0.1, 0.15) is 31.9 Å². The molecule has 0 aliphatic rings. The zero-order valence-electron chi connectivity index (χ0n) is 20.1. The number of carbonyl (C=O) groups excluding carboxylic acids is 2. The molecule has 0 radical (unpaired) electrons. The molecule has 0 atom stereocenters. The first-order chi connectivity index (χ1) is 16.7. The standard InChI is InChI=1S/C29H27NO5/c1-29(2,3)35-28(32)30-19-21(24-12-8-9-13-26(24)30)18-25(27(31)33-4)20-14-16-23(17-15-20)34-22-10-6-5-7-11-22/h5-19H,1-4H3/b25-18+. The number of methoxy groups -OCH3 is 1. The van der Waals surface area contributed by atoms with Crippen molar-refractivity contribution < 1.29 is 23.8 Å². The fourth-order valence-corrected chi connectivity index (χ4v) is 3.64. The molecule has 1 heterocycles. The molecule has 0 saturated carbocycles. The van der Waals surface area contributed by atoms with Crippen molar-refractivity contribution in [3.05, 3.63) is 96.2 Å². The number of hydrogen-bond donors (Lipinski definition) is 0. The molecule has 4 aromatic rings. The number of hydrogen-bond acceptors (Lipinski definition) is 5. The third-order valence-corrected chi connectivity index (χ3v) is 5.18. The summed E-state index contributed by atoms with van der Waals surface area (Å²) in [5, 5.41) is 0.809. The van der Waals surface area contributed by atoms with Gasteiger partial charge in [-0.1, -0.05) is 48.5 Å². The molecule has 0 amide bonds. The number of para-hydroxylation sites is 2. The summed E-state index contributed by atoms with van der Waals surface area (Å²) < 4.78 is 17.9. The highest BCUT2D eigenvalue weighted by atomic mass is 16.6. The van der Waals surface area contributed by atoms with E-state index in [1.165, 1.54) is 11.7 Å². The van der Waals surface area contributed by atoms with Crippen LogP contribution in [0.15, 0.2) is 85.1 Å². The second-order valence-electron chi connectivity index (χ2n) is 8.94. The second kappa shape index (κ2) is 9.89. The Morgan fingerprint density at radius 1 is 0.829 bits per heavy atom. The van der Waals surface area contributed by atoms with E-state index in [9.17, 15) is 9.59 Å². The molecule has 35 heavy (non-hydrogen) atoms. The smallest absolute Gasteiger partial charge is 0.419 e. The number of ether oxygens (including phenoxy) is 3. The maximum atomic E-state index is 12.8. The van der Waals surface area contributed by atoms with Crippen molar-refractivity contribution >= 4 is 34.6 Å². The molecule has 6 nitrogen and oxygen atoms in total. The van der Waals surface area contributed by atoms with Gasteiger partial charge in [-0.15, -0.1) is 0 Å². The molecule has 0 aliphatic carbocycles. The molecule has 0 aliphatic heterocycles. The van der Waals surface area contributed by atoms with Crippen LogP contribution in [0.2, 0.25) is 0 Å². The lowest BCUT2D eigenvalue weighted by Crippen LogP contribution is -2.26. The summed E-state index contributed by atoms with van der Waals surface area (Å²) in [6.45, 7) is 5.45. The van der Waals surface area contributed by atoms with Crippen molar-refractivity contribution in [2.45, 2.75) is 26.4 Å². The molecule has 178 valence electrons. The summed E-state index contributed by atoms with van der Waals surface area (Å²) in [4.78, 5) is 25.6. The molecule has 3 aromatic carbocycles. The Morgan fingerprint density at radius 3 is 2.11 bits per heavy atom. The van der Waals surface area contributed by atoms with Crippen LogP contribution in [0.25, 0.3) is 22.6 Å². The van der Waals surface area contributed by atoms with Gasteiger partial charge in [0.05, 0.1) is 18.2 Å². The quantitative estimate of drug-likeness (QED) is 0.234. The maximum Gasteiger partial charge on any atom is 0.419 e. The summed E-state index contributed by atoms with van der Waals surface area (Å²) in [6, 6.07) is 24.1.